The van der Waals surface area contributed by atoms with Gasteiger partial charge in [-0.2, -0.15) is 0 Å². The number of sulfonamides is 1. The number of hydrogen-bond acceptors (Lipinski definition) is 4. The Balaban J connectivity index is 1.77. The van der Waals surface area contributed by atoms with E-state index in [-0.39, 0.29) is 16.6 Å². The Morgan fingerprint density at radius 1 is 1.11 bits per heavy atom. The van der Waals surface area contributed by atoms with Crippen LogP contribution in [0.3, 0.4) is 0 Å². The summed E-state index contributed by atoms with van der Waals surface area (Å²) < 4.78 is 40.8. The number of halogens is 1. The number of urea groups is 1. The number of carbonyl (C=O) groups is 2. The molecule has 0 unspecified atom stereocenters. The topological polar surface area (TPSA) is 123 Å². The summed E-state index contributed by atoms with van der Waals surface area (Å²) in [6, 6.07) is 9.62. The largest absolute Gasteiger partial charge is 0.351 e. The van der Waals surface area contributed by atoms with Crippen LogP contribution in [0.1, 0.15) is 13.0 Å². The van der Waals surface area contributed by atoms with E-state index < -0.39 is 22.1 Å². The van der Waals surface area contributed by atoms with E-state index in [2.05, 4.69) is 5.32 Å². The van der Waals surface area contributed by atoms with Gasteiger partial charge >= 0.3 is 6.03 Å². The molecule has 1 atom stereocenters. The molecule has 146 valence electrons. The van der Waals surface area contributed by atoms with Gasteiger partial charge in [-0.3, -0.25) is 4.79 Å². The molecule has 3 amide bonds. The standard InChI is InChI=1S/C18H17FN4O4S/c1-11(23-10-9-14-15(19)3-2-4-16(14)23)17(24)21-12-5-7-13(8-6-12)28(26,27)22-18(20)25/h2-11H,1H3,(H,21,24)(H3,20,22,25)/t11-/m1/s1. The quantitative estimate of drug-likeness (QED) is 0.604. The molecule has 0 aliphatic rings. The number of nitrogens with two attached hydrogens (primary N) is 1. The molecule has 0 fully saturated rings. The summed E-state index contributed by atoms with van der Waals surface area (Å²) in [5.74, 6) is -0.738. The zero-order valence-corrected chi connectivity index (χ0v) is 15.5. The minimum absolute atomic E-state index is 0.177. The van der Waals surface area contributed by atoms with Gasteiger partial charge in [0.1, 0.15) is 11.9 Å². The van der Waals surface area contributed by atoms with E-state index in [1.54, 1.807) is 40.6 Å². The Hall–Kier alpha value is -3.40. The summed E-state index contributed by atoms with van der Waals surface area (Å²) in [7, 11) is -4.06. The molecule has 28 heavy (non-hydrogen) atoms. The summed E-state index contributed by atoms with van der Waals surface area (Å²) in [5, 5.41) is 3.08. The van der Waals surface area contributed by atoms with Gasteiger partial charge in [0.25, 0.3) is 10.0 Å². The Morgan fingerprint density at radius 2 is 1.79 bits per heavy atom. The van der Waals surface area contributed by atoms with Crippen LogP contribution in [0.5, 0.6) is 0 Å². The van der Waals surface area contributed by atoms with Crippen molar-refractivity contribution in [3.8, 4) is 0 Å². The van der Waals surface area contributed by atoms with Crippen LogP contribution in [0.2, 0.25) is 0 Å². The second-order valence-corrected chi connectivity index (χ2v) is 7.74. The fourth-order valence-electron chi connectivity index (χ4n) is 2.77. The number of nitrogens with zero attached hydrogens (tertiary/aromatic N) is 1. The number of hydrogen-bond donors (Lipinski definition) is 3. The van der Waals surface area contributed by atoms with Crippen molar-refractivity contribution in [2.75, 3.05) is 5.32 Å². The Kier molecular flexibility index (Phi) is 5.06. The van der Waals surface area contributed by atoms with E-state index >= 15 is 0 Å². The molecule has 10 heteroatoms. The highest BCUT2D eigenvalue weighted by Crippen LogP contribution is 2.23. The molecule has 1 heterocycles. The number of benzene rings is 2. The lowest BCUT2D eigenvalue weighted by molar-refractivity contribution is -0.118. The number of anilines is 1. The van der Waals surface area contributed by atoms with Crippen molar-refractivity contribution in [1.82, 2.24) is 9.29 Å². The number of primary amides is 1. The first-order chi connectivity index (χ1) is 13.2. The molecule has 8 nitrogen and oxygen atoms in total. The fourth-order valence-corrected chi connectivity index (χ4v) is 3.65. The molecule has 3 rings (SSSR count). The Morgan fingerprint density at radius 3 is 2.43 bits per heavy atom. The number of carbonyl (C=O) groups excluding carboxylic acids is 2. The van der Waals surface area contributed by atoms with Gasteiger partial charge in [-0.05, 0) is 49.4 Å². The van der Waals surface area contributed by atoms with Crippen LogP contribution >= 0.6 is 0 Å². The lowest BCUT2D eigenvalue weighted by atomic mass is 10.2. The SMILES string of the molecule is C[C@H](C(=O)Nc1ccc(S(=O)(=O)NC(N)=O)cc1)n1ccc2c(F)cccc21. The molecule has 0 radical (unpaired) electrons. The molecule has 0 bridgehead atoms. The summed E-state index contributed by atoms with van der Waals surface area (Å²) in [4.78, 5) is 23.1. The third kappa shape index (κ3) is 3.81. The van der Waals surface area contributed by atoms with Crippen molar-refractivity contribution in [2.45, 2.75) is 17.9 Å². The number of fused-ring (bicyclic) bond motifs is 1. The highest BCUT2D eigenvalue weighted by molar-refractivity contribution is 7.90. The van der Waals surface area contributed by atoms with Gasteiger partial charge in [0.05, 0.1) is 10.4 Å². The summed E-state index contributed by atoms with van der Waals surface area (Å²) in [5.41, 5.74) is 5.77. The summed E-state index contributed by atoms with van der Waals surface area (Å²) >= 11 is 0. The van der Waals surface area contributed by atoms with Crippen LogP contribution in [0, 0.1) is 5.82 Å². The average molecular weight is 404 g/mol. The van der Waals surface area contributed by atoms with E-state index in [1.165, 1.54) is 30.3 Å². The van der Waals surface area contributed by atoms with E-state index in [4.69, 9.17) is 5.73 Å². The molecule has 2 aromatic carbocycles. The maximum Gasteiger partial charge on any atom is 0.326 e. The first kappa shape index (κ1) is 19.4. The maximum atomic E-state index is 13.8. The molecule has 0 aliphatic heterocycles. The minimum Gasteiger partial charge on any atom is -0.351 e. The number of rotatable bonds is 5. The number of amides is 3. The molecule has 3 aromatic rings. The van der Waals surface area contributed by atoms with Crippen LogP contribution in [-0.4, -0.2) is 24.9 Å². The highest BCUT2D eigenvalue weighted by Gasteiger charge is 2.19. The summed E-state index contributed by atoms with van der Waals surface area (Å²) in [6.45, 7) is 1.66. The monoisotopic (exact) mass is 404 g/mol. The van der Waals surface area contributed by atoms with Gasteiger partial charge in [-0.15, -0.1) is 0 Å². The van der Waals surface area contributed by atoms with Gasteiger partial charge < -0.3 is 15.6 Å². The van der Waals surface area contributed by atoms with Crippen LogP contribution in [-0.2, 0) is 14.8 Å². The predicted octanol–water partition coefficient (Wildman–Crippen LogP) is 2.34. The molecule has 0 saturated heterocycles. The van der Waals surface area contributed by atoms with Crippen molar-refractivity contribution in [3.05, 3.63) is 60.5 Å². The molecule has 0 aliphatic carbocycles. The van der Waals surface area contributed by atoms with Gasteiger partial charge in [0, 0.05) is 17.3 Å². The lowest BCUT2D eigenvalue weighted by Crippen LogP contribution is -2.34. The van der Waals surface area contributed by atoms with Gasteiger partial charge in [-0.25, -0.2) is 22.3 Å². The smallest absolute Gasteiger partial charge is 0.326 e. The molecule has 0 spiro atoms. The zero-order valence-electron chi connectivity index (χ0n) is 14.7. The van der Waals surface area contributed by atoms with Gasteiger partial charge in [0.2, 0.25) is 5.91 Å². The number of nitrogens with one attached hydrogen (secondary N) is 2. The van der Waals surface area contributed by atoms with Crippen molar-refractivity contribution >= 4 is 38.6 Å². The second-order valence-electron chi connectivity index (χ2n) is 6.05. The minimum atomic E-state index is -4.06. The molecule has 4 N–H and O–H groups in total. The van der Waals surface area contributed by atoms with Crippen LogP contribution in [0.4, 0.5) is 14.9 Å². The first-order valence-electron chi connectivity index (χ1n) is 8.17. The third-order valence-corrected chi connectivity index (χ3v) is 5.54. The van der Waals surface area contributed by atoms with Crippen molar-refractivity contribution in [3.63, 3.8) is 0 Å². The number of aromatic nitrogens is 1. The van der Waals surface area contributed by atoms with E-state index in [1.807, 2.05) is 0 Å². The summed E-state index contributed by atoms with van der Waals surface area (Å²) in [6.07, 6.45) is 1.63. The molecular weight excluding hydrogens is 387 g/mol. The Bertz CT molecular complexity index is 1160. The van der Waals surface area contributed by atoms with E-state index in [0.29, 0.717) is 16.6 Å². The normalized spacial score (nSPS) is 12.5. The third-order valence-electron chi connectivity index (χ3n) is 4.17. The van der Waals surface area contributed by atoms with Crippen molar-refractivity contribution in [2.24, 2.45) is 5.73 Å². The van der Waals surface area contributed by atoms with E-state index in [0.717, 1.165) is 0 Å². The van der Waals surface area contributed by atoms with Crippen LogP contribution < -0.4 is 15.8 Å². The zero-order chi connectivity index (χ0) is 20.5. The van der Waals surface area contributed by atoms with Crippen LogP contribution in [0.15, 0.2) is 59.6 Å². The molecule has 0 saturated carbocycles. The van der Waals surface area contributed by atoms with E-state index in [9.17, 15) is 22.4 Å². The van der Waals surface area contributed by atoms with Crippen molar-refractivity contribution in [1.29, 1.82) is 0 Å². The Labute approximate surface area is 160 Å². The predicted molar refractivity (Wildman–Crippen MR) is 102 cm³/mol. The second kappa shape index (κ2) is 7.31. The molecular formula is C18H17FN4O4S. The average Bonchev–Trinajstić information content (AvgIpc) is 3.06. The fraction of sp³-hybridized carbons (Fsp3) is 0.111. The maximum absolute atomic E-state index is 13.8. The van der Waals surface area contributed by atoms with Crippen LogP contribution in [0.25, 0.3) is 10.9 Å². The molecule has 1 aromatic heterocycles. The van der Waals surface area contributed by atoms with Gasteiger partial charge in [0.15, 0.2) is 0 Å². The highest BCUT2D eigenvalue weighted by atomic mass is 32.2. The lowest BCUT2D eigenvalue weighted by Gasteiger charge is -2.16. The van der Waals surface area contributed by atoms with Crippen molar-refractivity contribution < 1.29 is 22.4 Å². The van der Waals surface area contributed by atoms with Gasteiger partial charge in [-0.1, -0.05) is 6.07 Å². The first-order valence-corrected chi connectivity index (χ1v) is 9.65.